The van der Waals surface area contributed by atoms with Crippen molar-refractivity contribution in [1.82, 2.24) is 0 Å². The van der Waals surface area contributed by atoms with E-state index in [4.69, 9.17) is 8.58 Å². The standard InChI is InChI=1S/C9H7.C9H13.C3H7.3ClH.Hf.H2Si/c1-2-5-9-7-3-6-8(9)4-1;1-6-5-7(2)9(4)8(6)3;1-3-2;;;;;/h1-7H;6H,1-4H3;1,3H2,2H3;3*1H;;1H2/q;;;;;;+1;/p-1. The molecule has 144 valence electrons. The van der Waals surface area contributed by atoms with Gasteiger partial charge in [0.05, 0.1) is 0 Å². The molecule has 3 rings (SSSR count). The number of halogens is 3. The maximum atomic E-state index is 7.95. The molecule has 0 fully saturated rings. The van der Waals surface area contributed by atoms with Gasteiger partial charge in [-0.3, -0.25) is 0 Å². The third kappa shape index (κ3) is 3.54. The van der Waals surface area contributed by atoms with Gasteiger partial charge in [-0.15, -0.1) is 24.8 Å². The molecule has 0 aliphatic heterocycles. The first-order valence-corrected chi connectivity index (χ1v) is 28.3. The van der Waals surface area contributed by atoms with Crippen molar-refractivity contribution in [2.75, 3.05) is 0 Å². The van der Waals surface area contributed by atoms with Crippen molar-refractivity contribution < 1.29 is 15.9 Å². The second-order valence-electron chi connectivity index (χ2n) is 7.91. The van der Waals surface area contributed by atoms with Crippen LogP contribution in [0.5, 0.6) is 0 Å². The summed E-state index contributed by atoms with van der Waals surface area (Å²) in [5.41, 5.74) is 7.37. The second kappa shape index (κ2) is 8.41. The van der Waals surface area contributed by atoms with Crippen LogP contribution >= 0.6 is 33.4 Å². The third-order valence-electron chi connectivity index (χ3n) is 6.58. The van der Waals surface area contributed by atoms with Crippen LogP contribution < -0.4 is 0 Å². The van der Waals surface area contributed by atoms with Gasteiger partial charge in [0, 0.05) is 0 Å². The van der Waals surface area contributed by atoms with Gasteiger partial charge >= 0.3 is 154 Å². The van der Waals surface area contributed by atoms with Crippen molar-refractivity contribution in [3.8, 4) is 0 Å². The van der Waals surface area contributed by atoms with Crippen LogP contribution in [-0.2, 0) is 15.9 Å². The van der Waals surface area contributed by atoms with Gasteiger partial charge in [0.25, 0.3) is 0 Å². The molecular weight excluding hydrogens is 565 g/mol. The summed E-state index contributed by atoms with van der Waals surface area (Å²) in [4.78, 5) is 0. The summed E-state index contributed by atoms with van der Waals surface area (Å²) in [5.74, 6) is 0.517. The first-order chi connectivity index (χ1) is 11.2. The first kappa shape index (κ1) is 24.4. The molecule has 2 aliphatic rings. The Kier molecular flexibility index (Phi) is 7.90. The predicted octanol–water partition coefficient (Wildman–Crippen LogP) is 7.08. The van der Waals surface area contributed by atoms with Gasteiger partial charge in [-0.2, -0.15) is 0 Å². The SMILES string of the molecule is CC[CH2][Hf](=[SiH2])([Cl])([C]1=C(C)C(C)=C(C)C1C)[CH]1C=Cc2ccccc21.Cl.Cl. The van der Waals surface area contributed by atoms with E-state index in [1.165, 1.54) is 38.4 Å². The van der Waals surface area contributed by atoms with Crippen LogP contribution in [0.15, 0.2) is 50.4 Å². The van der Waals surface area contributed by atoms with Crippen LogP contribution in [0.4, 0.5) is 0 Å². The summed E-state index contributed by atoms with van der Waals surface area (Å²) in [7, 11) is 7.95. The molecule has 1 aromatic carbocycles. The van der Waals surface area contributed by atoms with Gasteiger partial charge in [-0.1, -0.05) is 0 Å². The van der Waals surface area contributed by atoms with Gasteiger partial charge in [0.15, 0.2) is 0 Å². The Morgan fingerprint density at radius 1 is 1.08 bits per heavy atom. The molecule has 0 bridgehead atoms. The van der Waals surface area contributed by atoms with E-state index in [9.17, 15) is 0 Å². The summed E-state index contributed by atoms with van der Waals surface area (Å²) in [5, 5.41) is 0. The van der Waals surface area contributed by atoms with E-state index < -0.39 is 15.9 Å². The van der Waals surface area contributed by atoms with E-state index in [1.54, 1.807) is 3.33 Å². The number of hydrogen-bond acceptors (Lipinski definition) is 0. The number of rotatable bonds is 4. The molecule has 2 aliphatic carbocycles. The molecule has 0 saturated heterocycles. The fraction of sp³-hybridized carbons (Fsp3) is 0.429. The summed E-state index contributed by atoms with van der Waals surface area (Å²) >= 11 is -3.84. The Bertz CT molecular complexity index is 866. The van der Waals surface area contributed by atoms with Gasteiger partial charge in [0.2, 0.25) is 0 Å². The zero-order valence-electron chi connectivity index (χ0n) is 16.4. The Morgan fingerprint density at radius 3 is 2.23 bits per heavy atom. The number of benzene rings is 1. The van der Waals surface area contributed by atoms with Crippen molar-refractivity contribution in [2.45, 2.75) is 48.9 Å². The Morgan fingerprint density at radius 2 is 1.69 bits per heavy atom. The minimum absolute atomic E-state index is 0. The fourth-order valence-corrected chi connectivity index (χ4v) is 42.2. The van der Waals surface area contributed by atoms with E-state index in [-0.39, 0.29) is 24.8 Å². The molecular formula is C21H31Cl3HfSi. The van der Waals surface area contributed by atoms with Crippen LogP contribution in [-0.4, -0.2) is 6.94 Å². The summed E-state index contributed by atoms with van der Waals surface area (Å²) in [6, 6.07) is 8.87. The van der Waals surface area contributed by atoms with E-state index in [2.05, 4.69) is 78.0 Å². The van der Waals surface area contributed by atoms with E-state index in [0.717, 1.165) is 0 Å². The normalized spacial score (nSPS) is 22.3. The number of allylic oxidation sites excluding steroid dienone is 5. The molecule has 0 radical (unpaired) electrons. The Hall–Kier alpha value is 0.397. The van der Waals surface area contributed by atoms with Crippen LogP contribution in [0.25, 0.3) is 6.08 Å². The molecule has 5 heteroatoms. The molecule has 26 heavy (non-hydrogen) atoms. The average Bonchev–Trinajstić information content (AvgIpc) is 3.05. The van der Waals surface area contributed by atoms with Gasteiger partial charge in [-0.05, 0) is 0 Å². The van der Waals surface area contributed by atoms with Gasteiger partial charge < -0.3 is 0 Å². The molecule has 0 saturated carbocycles. The van der Waals surface area contributed by atoms with Gasteiger partial charge in [-0.25, -0.2) is 0 Å². The first-order valence-electron chi connectivity index (χ1n) is 9.12. The van der Waals surface area contributed by atoms with Crippen molar-refractivity contribution >= 4 is 46.4 Å². The molecule has 0 N–H and O–H groups in total. The van der Waals surface area contributed by atoms with E-state index in [1.807, 2.05) is 0 Å². The van der Waals surface area contributed by atoms with E-state index in [0.29, 0.717) is 9.59 Å². The van der Waals surface area contributed by atoms with Crippen molar-refractivity contribution in [3.05, 3.63) is 61.5 Å². The molecule has 0 aromatic heterocycles. The molecule has 1 aromatic rings. The van der Waals surface area contributed by atoms with Crippen molar-refractivity contribution in [3.63, 3.8) is 0 Å². The minimum atomic E-state index is -3.84. The molecule has 0 heterocycles. The number of fused-ring (bicyclic) bond motifs is 1. The predicted molar refractivity (Wildman–Crippen MR) is 122 cm³/mol. The monoisotopic (exact) mass is 596 g/mol. The molecule has 2 atom stereocenters. The molecule has 2 unspecified atom stereocenters. The molecule has 0 nitrogen and oxygen atoms in total. The smallest absolute Gasteiger partial charge is 0.147 e. The van der Waals surface area contributed by atoms with Crippen LogP contribution in [0, 0.1) is 5.92 Å². The third-order valence-corrected chi connectivity index (χ3v) is 41.4. The molecule has 0 spiro atoms. The van der Waals surface area contributed by atoms with E-state index >= 15 is 0 Å². The second-order valence-corrected chi connectivity index (χ2v) is 50.2. The largest absolute Gasteiger partial charge is 0.147 e. The maximum Gasteiger partial charge on any atom is -0.147 e. The zero-order chi connectivity index (χ0) is 17.7. The minimum Gasteiger partial charge on any atom is -0.147 e. The summed E-state index contributed by atoms with van der Waals surface area (Å²) in [6.07, 6.45) is 5.92. The Labute approximate surface area is 177 Å². The Balaban J connectivity index is 0.00000169. The summed E-state index contributed by atoms with van der Waals surface area (Å²) < 4.78 is 3.32. The quantitative estimate of drug-likeness (QED) is 0.326. The number of hydrogen-bond donors (Lipinski definition) is 0. The zero-order valence-corrected chi connectivity index (χ0v) is 23.8. The van der Waals surface area contributed by atoms with Crippen molar-refractivity contribution in [2.24, 2.45) is 5.92 Å². The van der Waals surface area contributed by atoms with Gasteiger partial charge in [0.1, 0.15) is 0 Å². The average molecular weight is 596 g/mol. The molecule has 0 amide bonds. The maximum absolute atomic E-state index is 7.95. The van der Waals surface area contributed by atoms with Crippen LogP contribution in [0.2, 0.25) is 4.18 Å². The van der Waals surface area contributed by atoms with Crippen LogP contribution in [0.1, 0.15) is 55.8 Å². The van der Waals surface area contributed by atoms with Crippen molar-refractivity contribution in [1.29, 1.82) is 0 Å². The fourth-order valence-electron chi connectivity index (χ4n) is 5.15. The summed E-state index contributed by atoms with van der Waals surface area (Å²) in [6.45, 7) is 13.8. The van der Waals surface area contributed by atoms with Crippen LogP contribution in [0.3, 0.4) is 0 Å². The topological polar surface area (TPSA) is 0 Å².